The molecule has 2 heterocycles. The Hall–Kier alpha value is -1.89. The summed E-state index contributed by atoms with van der Waals surface area (Å²) < 4.78 is 5.14. The Morgan fingerprint density at radius 2 is 1.92 bits per heavy atom. The molecule has 5 nitrogen and oxygen atoms in total. The number of benzene rings is 1. The zero-order chi connectivity index (χ0) is 17.6. The van der Waals surface area contributed by atoms with Gasteiger partial charge in [0.2, 0.25) is 0 Å². The van der Waals surface area contributed by atoms with Crippen molar-refractivity contribution in [3.8, 4) is 5.75 Å². The van der Waals surface area contributed by atoms with E-state index in [0.29, 0.717) is 12.1 Å². The number of amides is 1. The van der Waals surface area contributed by atoms with Gasteiger partial charge in [-0.15, -0.1) is 0 Å². The zero-order valence-electron chi connectivity index (χ0n) is 14.8. The number of carbonyl (C=O) groups excluding carboxylic acids is 1. The second kappa shape index (κ2) is 8.47. The van der Waals surface area contributed by atoms with Gasteiger partial charge in [0.25, 0.3) is 5.91 Å². The van der Waals surface area contributed by atoms with Crippen LogP contribution in [0.1, 0.15) is 22.0 Å². The number of ether oxygens (including phenoxy) is 1. The second-order valence-corrected chi connectivity index (χ2v) is 7.13. The van der Waals surface area contributed by atoms with Gasteiger partial charge in [0.05, 0.1) is 13.2 Å². The monoisotopic (exact) mass is 359 g/mol. The number of nitrogens with zero attached hydrogens (tertiary/aromatic N) is 2. The molecule has 1 atom stereocenters. The van der Waals surface area contributed by atoms with Crippen molar-refractivity contribution in [3.05, 3.63) is 52.2 Å². The Balaban J connectivity index is 1.64. The molecule has 0 bridgehead atoms. The predicted molar refractivity (Wildman–Crippen MR) is 101 cm³/mol. The van der Waals surface area contributed by atoms with Gasteiger partial charge in [-0.1, -0.05) is 0 Å². The van der Waals surface area contributed by atoms with Crippen molar-refractivity contribution in [2.75, 3.05) is 46.9 Å². The summed E-state index contributed by atoms with van der Waals surface area (Å²) in [6.45, 7) is 4.79. The second-order valence-electron chi connectivity index (χ2n) is 6.35. The number of piperazine rings is 1. The van der Waals surface area contributed by atoms with Crippen LogP contribution in [0.15, 0.2) is 41.1 Å². The lowest BCUT2D eigenvalue weighted by molar-refractivity contribution is 0.0886. The molecule has 6 heteroatoms. The lowest BCUT2D eigenvalue weighted by atomic mass is 10.1. The maximum absolute atomic E-state index is 12.5. The molecular weight excluding hydrogens is 334 g/mol. The van der Waals surface area contributed by atoms with Crippen LogP contribution in [-0.4, -0.2) is 62.6 Å². The summed E-state index contributed by atoms with van der Waals surface area (Å²) in [5.74, 6) is 0.710. The minimum absolute atomic E-state index is 0.0444. The fourth-order valence-corrected chi connectivity index (χ4v) is 3.80. The number of likely N-dealkylation sites (N-methyl/N-ethyl adjacent to an activating group) is 1. The molecule has 134 valence electrons. The van der Waals surface area contributed by atoms with Crippen LogP contribution in [-0.2, 0) is 0 Å². The average Bonchev–Trinajstić information content (AvgIpc) is 3.17. The van der Waals surface area contributed by atoms with Crippen LogP contribution < -0.4 is 10.1 Å². The Morgan fingerprint density at radius 1 is 1.20 bits per heavy atom. The van der Waals surface area contributed by atoms with Gasteiger partial charge in [0.1, 0.15) is 5.75 Å². The molecule has 0 spiro atoms. The highest BCUT2D eigenvalue weighted by Gasteiger charge is 2.24. The van der Waals surface area contributed by atoms with E-state index in [-0.39, 0.29) is 11.9 Å². The third-order valence-corrected chi connectivity index (χ3v) is 5.42. The zero-order valence-corrected chi connectivity index (χ0v) is 15.6. The van der Waals surface area contributed by atoms with Crippen LogP contribution >= 0.6 is 11.3 Å². The molecule has 0 saturated carbocycles. The van der Waals surface area contributed by atoms with Gasteiger partial charge in [-0.05, 0) is 53.7 Å². The summed E-state index contributed by atoms with van der Waals surface area (Å²) in [6.07, 6.45) is 0. The molecule has 25 heavy (non-hydrogen) atoms. The van der Waals surface area contributed by atoms with E-state index in [1.165, 1.54) is 5.56 Å². The first-order valence-electron chi connectivity index (χ1n) is 8.54. The molecule has 2 aromatic rings. The number of hydrogen-bond donors (Lipinski definition) is 1. The Morgan fingerprint density at radius 3 is 2.52 bits per heavy atom. The Labute approximate surface area is 153 Å². The van der Waals surface area contributed by atoms with E-state index in [9.17, 15) is 4.79 Å². The van der Waals surface area contributed by atoms with Crippen molar-refractivity contribution in [2.24, 2.45) is 0 Å². The molecule has 0 unspecified atom stereocenters. The maximum Gasteiger partial charge on any atom is 0.251 e. The van der Waals surface area contributed by atoms with E-state index in [4.69, 9.17) is 4.74 Å². The molecule has 1 fully saturated rings. The molecular formula is C19H25N3O2S. The Kier molecular flexibility index (Phi) is 6.07. The van der Waals surface area contributed by atoms with Crippen molar-refractivity contribution >= 4 is 17.2 Å². The summed E-state index contributed by atoms with van der Waals surface area (Å²) in [5.41, 5.74) is 1.94. The predicted octanol–water partition coefficient (Wildman–Crippen LogP) is 2.48. The third kappa shape index (κ3) is 4.60. The smallest absolute Gasteiger partial charge is 0.251 e. The Bertz CT molecular complexity index is 664. The number of thiophene rings is 1. The van der Waals surface area contributed by atoms with Crippen molar-refractivity contribution in [1.82, 2.24) is 15.1 Å². The molecule has 1 amide bonds. The first-order chi connectivity index (χ1) is 12.2. The average molecular weight is 359 g/mol. The van der Waals surface area contributed by atoms with Gasteiger partial charge < -0.3 is 15.0 Å². The molecule has 1 aliphatic rings. The standard InChI is InChI=1S/C19H25N3O2S/c1-21-8-10-22(11-9-21)18(16-7-12-25-14-16)13-20-19(23)15-3-5-17(24-2)6-4-15/h3-7,12,14,18H,8-11,13H2,1-2H3,(H,20,23)/t18-/m1/s1. The lowest BCUT2D eigenvalue weighted by Gasteiger charge is -2.38. The van der Waals surface area contributed by atoms with Crippen molar-refractivity contribution in [3.63, 3.8) is 0 Å². The maximum atomic E-state index is 12.5. The summed E-state index contributed by atoms with van der Waals surface area (Å²) in [5, 5.41) is 7.39. The summed E-state index contributed by atoms with van der Waals surface area (Å²) in [6, 6.07) is 9.60. The molecule has 0 aliphatic carbocycles. The third-order valence-electron chi connectivity index (χ3n) is 4.71. The number of hydrogen-bond acceptors (Lipinski definition) is 5. The normalized spacial score (nSPS) is 17.2. The van der Waals surface area contributed by atoms with Crippen LogP contribution in [0.25, 0.3) is 0 Å². The van der Waals surface area contributed by atoms with Crippen LogP contribution in [0.5, 0.6) is 5.75 Å². The van der Waals surface area contributed by atoms with Gasteiger partial charge in [-0.25, -0.2) is 0 Å². The fourth-order valence-electron chi connectivity index (χ4n) is 3.09. The van der Waals surface area contributed by atoms with E-state index in [2.05, 4.69) is 39.0 Å². The van der Waals surface area contributed by atoms with Gasteiger partial charge in [0.15, 0.2) is 0 Å². The van der Waals surface area contributed by atoms with Crippen molar-refractivity contribution < 1.29 is 9.53 Å². The number of rotatable bonds is 6. The van der Waals surface area contributed by atoms with E-state index >= 15 is 0 Å². The first-order valence-corrected chi connectivity index (χ1v) is 9.48. The van der Waals surface area contributed by atoms with E-state index in [0.717, 1.165) is 31.9 Å². The lowest BCUT2D eigenvalue weighted by Crippen LogP contribution is -2.48. The molecule has 1 aliphatic heterocycles. The number of nitrogens with one attached hydrogen (secondary N) is 1. The summed E-state index contributed by atoms with van der Waals surface area (Å²) >= 11 is 1.70. The molecule has 1 aromatic heterocycles. The fraction of sp³-hybridized carbons (Fsp3) is 0.421. The highest BCUT2D eigenvalue weighted by atomic mass is 32.1. The van der Waals surface area contributed by atoms with Gasteiger partial charge in [0, 0.05) is 38.3 Å². The highest BCUT2D eigenvalue weighted by molar-refractivity contribution is 7.07. The molecule has 1 saturated heterocycles. The number of carbonyl (C=O) groups is 1. The quantitative estimate of drug-likeness (QED) is 0.861. The van der Waals surface area contributed by atoms with Crippen LogP contribution in [0, 0.1) is 0 Å². The molecule has 3 rings (SSSR count). The van der Waals surface area contributed by atoms with Crippen molar-refractivity contribution in [1.29, 1.82) is 0 Å². The van der Waals surface area contributed by atoms with Gasteiger partial charge >= 0.3 is 0 Å². The minimum atomic E-state index is -0.0444. The topological polar surface area (TPSA) is 44.8 Å². The van der Waals surface area contributed by atoms with E-state index in [1.54, 1.807) is 30.6 Å². The number of methoxy groups -OCH3 is 1. The summed E-state index contributed by atoms with van der Waals surface area (Å²) in [7, 11) is 3.78. The van der Waals surface area contributed by atoms with Crippen molar-refractivity contribution in [2.45, 2.75) is 6.04 Å². The SMILES string of the molecule is COc1ccc(C(=O)NC[C@H](c2ccsc2)N2CCN(C)CC2)cc1. The first kappa shape index (κ1) is 17.9. The van der Waals surface area contributed by atoms with Crippen LogP contribution in [0.2, 0.25) is 0 Å². The van der Waals surface area contributed by atoms with E-state index in [1.807, 2.05) is 12.1 Å². The van der Waals surface area contributed by atoms with Crippen LogP contribution in [0.4, 0.5) is 0 Å². The highest BCUT2D eigenvalue weighted by Crippen LogP contribution is 2.24. The largest absolute Gasteiger partial charge is 0.497 e. The van der Waals surface area contributed by atoms with Gasteiger partial charge in [-0.3, -0.25) is 9.69 Å². The summed E-state index contributed by atoms with van der Waals surface area (Å²) in [4.78, 5) is 17.3. The molecule has 1 aromatic carbocycles. The van der Waals surface area contributed by atoms with Gasteiger partial charge in [-0.2, -0.15) is 11.3 Å². The van der Waals surface area contributed by atoms with Crippen LogP contribution in [0.3, 0.4) is 0 Å². The minimum Gasteiger partial charge on any atom is -0.497 e. The van der Waals surface area contributed by atoms with E-state index < -0.39 is 0 Å². The molecule has 0 radical (unpaired) electrons. The molecule has 1 N–H and O–H groups in total.